The lowest BCUT2D eigenvalue weighted by Crippen LogP contribution is -1.81. The molecule has 1 rings (SSSR count). The molecule has 74 valence electrons. The molecule has 0 spiro atoms. The van der Waals surface area contributed by atoms with Crippen LogP contribution in [-0.4, -0.2) is 0 Å². The van der Waals surface area contributed by atoms with E-state index in [1.54, 1.807) is 0 Å². The molecule has 0 bridgehead atoms. The molecule has 0 nitrogen and oxygen atoms in total. The maximum absolute atomic E-state index is 3.21. The van der Waals surface area contributed by atoms with Crippen molar-refractivity contribution in [3.05, 3.63) is 34.9 Å². The Balaban J connectivity index is 2.69. The van der Waals surface area contributed by atoms with Gasteiger partial charge in [0.25, 0.3) is 0 Å². The summed E-state index contributed by atoms with van der Waals surface area (Å²) in [6, 6.07) is 6.47. The lowest BCUT2D eigenvalue weighted by Gasteiger charge is -1.97. The van der Waals surface area contributed by atoms with Crippen molar-refractivity contribution in [2.24, 2.45) is 0 Å². The first-order valence-electron chi connectivity index (χ1n) is 5.29. The molecule has 0 saturated heterocycles. The summed E-state index contributed by atoms with van der Waals surface area (Å²) >= 11 is 0. The maximum atomic E-state index is 3.21. The zero-order valence-electron chi connectivity index (χ0n) is 9.35. The Morgan fingerprint density at radius 1 is 1.07 bits per heavy atom. The van der Waals surface area contributed by atoms with Crippen LogP contribution in [0.3, 0.4) is 0 Å². The minimum Gasteiger partial charge on any atom is -0.0979 e. The second kappa shape index (κ2) is 5.50. The molecule has 0 aromatic heterocycles. The largest absolute Gasteiger partial charge is 0.0979 e. The lowest BCUT2D eigenvalue weighted by atomic mass is 10.1. The van der Waals surface area contributed by atoms with Gasteiger partial charge in [0, 0.05) is 12.0 Å². The monoisotopic (exact) mass is 186 g/mol. The molecule has 0 heteroatoms. The first kappa shape index (κ1) is 10.9. The SMILES string of the molecule is CCCCC#Cc1cc(C)cc(C)c1. The number of aryl methyl sites for hydroxylation is 2. The van der Waals surface area contributed by atoms with Gasteiger partial charge in [0.1, 0.15) is 0 Å². The molecule has 0 aliphatic rings. The maximum Gasteiger partial charge on any atom is 0.0250 e. The van der Waals surface area contributed by atoms with E-state index in [0.29, 0.717) is 0 Å². The summed E-state index contributed by atoms with van der Waals surface area (Å²) in [5.74, 6) is 6.42. The van der Waals surface area contributed by atoms with Crippen molar-refractivity contribution in [2.45, 2.75) is 40.0 Å². The smallest absolute Gasteiger partial charge is 0.0250 e. The molecule has 0 amide bonds. The topological polar surface area (TPSA) is 0 Å². The van der Waals surface area contributed by atoms with Crippen molar-refractivity contribution >= 4 is 0 Å². The molecule has 0 fully saturated rings. The van der Waals surface area contributed by atoms with Gasteiger partial charge in [0.05, 0.1) is 0 Å². The molecule has 1 aromatic rings. The van der Waals surface area contributed by atoms with E-state index in [-0.39, 0.29) is 0 Å². The highest BCUT2D eigenvalue weighted by Crippen LogP contribution is 2.07. The summed E-state index contributed by atoms with van der Waals surface area (Å²) in [6.07, 6.45) is 3.45. The van der Waals surface area contributed by atoms with Gasteiger partial charge in [-0.1, -0.05) is 31.3 Å². The van der Waals surface area contributed by atoms with Crippen LogP contribution in [0.4, 0.5) is 0 Å². The standard InChI is InChI=1S/C14H18/c1-4-5-6-7-8-14-10-12(2)9-13(3)11-14/h9-11H,4-6H2,1-3H3. The van der Waals surface area contributed by atoms with Crippen LogP contribution in [-0.2, 0) is 0 Å². The van der Waals surface area contributed by atoms with Crippen LogP contribution < -0.4 is 0 Å². The van der Waals surface area contributed by atoms with Gasteiger partial charge in [0.2, 0.25) is 0 Å². The Bertz CT molecular complexity index is 330. The molecule has 0 atom stereocenters. The van der Waals surface area contributed by atoms with E-state index >= 15 is 0 Å². The Kier molecular flexibility index (Phi) is 4.26. The predicted octanol–water partition coefficient (Wildman–Crippen LogP) is 3.85. The molecule has 14 heavy (non-hydrogen) atoms. The quantitative estimate of drug-likeness (QED) is 0.486. The average Bonchev–Trinajstić information content (AvgIpc) is 2.11. The third kappa shape index (κ3) is 3.66. The highest BCUT2D eigenvalue weighted by atomic mass is 14.0. The molecule has 1 aromatic carbocycles. The van der Waals surface area contributed by atoms with Crippen molar-refractivity contribution in [1.29, 1.82) is 0 Å². The molecule has 0 unspecified atom stereocenters. The minimum absolute atomic E-state index is 1.02. The highest BCUT2D eigenvalue weighted by molar-refractivity contribution is 5.39. The van der Waals surface area contributed by atoms with Crippen molar-refractivity contribution < 1.29 is 0 Å². The van der Waals surface area contributed by atoms with Crippen molar-refractivity contribution in [3.63, 3.8) is 0 Å². The van der Waals surface area contributed by atoms with Crippen molar-refractivity contribution in [2.75, 3.05) is 0 Å². The summed E-state index contributed by atoms with van der Waals surface area (Å²) in [7, 11) is 0. The van der Waals surface area contributed by atoms with Crippen molar-refractivity contribution in [3.8, 4) is 11.8 Å². The third-order valence-electron chi connectivity index (χ3n) is 2.11. The number of hydrogen-bond acceptors (Lipinski definition) is 0. The van der Waals surface area contributed by atoms with E-state index in [9.17, 15) is 0 Å². The first-order valence-corrected chi connectivity index (χ1v) is 5.29. The van der Waals surface area contributed by atoms with Gasteiger partial charge in [-0.2, -0.15) is 0 Å². The molecule has 0 radical (unpaired) electrons. The van der Waals surface area contributed by atoms with Gasteiger partial charge in [0.15, 0.2) is 0 Å². The molecule has 0 saturated carbocycles. The first-order chi connectivity index (χ1) is 6.72. The summed E-state index contributed by atoms with van der Waals surface area (Å²) in [4.78, 5) is 0. The molecule has 0 heterocycles. The fraction of sp³-hybridized carbons (Fsp3) is 0.429. The normalized spacial score (nSPS) is 9.36. The Morgan fingerprint density at radius 2 is 1.71 bits per heavy atom. The molecular weight excluding hydrogens is 168 g/mol. The van der Waals surface area contributed by atoms with Crippen LogP contribution in [0.15, 0.2) is 18.2 Å². The number of benzene rings is 1. The zero-order valence-corrected chi connectivity index (χ0v) is 9.35. The highest BCUT2D eigenvalue weighted by Gasteiger charge is 1.91. The van der Waals surface area contributed by atoms with Gasteiger partial charge < -0.3 is 0 Å². The van der Waals surface area contributed by atoms with Crippen LogP contribution >= 0.6 is 0 Å². The fourth-order valence-corrected chi connectivity index (χ4v) is 1.48. The summed E-state index contributed by atoms with van der Waals surface area (Å²) in [5.41, 5.74) is 3.74. The van der Waals surface area contributed by atoms with E-state index in [1.807, 2.05) is 0 Å². The third-order valence-corrected chi connectivity index (χ3v) is 2.11. The van der Waals surface area contributed by atoms with Gasteiger partial charge in [-0.15, -0.1) is 0 Å². The fourth-order valence-electron chi connectivity index (χ4n) is 1.48. The van der Waals surface area contributed by atoms with Gasteiger partial charge in [-0.25, -0.2) is 0 Å². The number of hydrogen-bond donors (Lipinski definition) is 0. The Morgan fingerprint density at radius 3 is 2.29 bits per heavy atom. The lowest BCUT2D eigenvalue weighted by molar-refractivity contribution is 0.828. The molecular formula is C14H18. The van der Waals surface area contributed by atoms with Crippen LogP contribution in [0.1, 0.15) is 42.9 Å². The van der Waals surface area contributed by atoms with Gasteiger partial charge in [-0.3, -0.25) is 0 Å². The summed E-state index contributed by atoms with van der Waals surface area (Å²) in [6.45, 7) is 6.42. The van der Waals surface area contributed by atoms with E-state index in [4.69, 9.17) is 0 Å². The van der Waals surface area contributed by atoms with Crippen LogP contribution in [0.25, 0.3) is 0 Å². The van der Waals surface area contributed by atoms with Crippen LogP contribution in [0, 0.1) is 25.7 Å². The van der Waals surface area contributed by atoms with Crippen LogP contribution in [0.2, 0.25) is 0 Å². The van der Waals surface area contributed by atoms with Gasteiger partial charge in [-0.05, 0) is 43.5 Å². The second-order valence-electron chi connectivity index (χ2n) is 3.78. The number of unbranched alkanes of at least 4 members (excludes halogenated alkanes) is 2. The minimum atomic E-state index is 1.02. The summed E-state index contributed by atoms with van der Waals surface area (Å²) < 4.78 is 0. The number of rotatable bonds is 2. The van der Waals surface area contributed by atoms with Crippen molar-refractivity contribution in [1.82, 2.24) is 0 Å². The van der Waals surface area contributed by atoms with E-state index in [2.05, 4.69) is 50.8 Å². The van der Waals surface area contributed by atoms with E-state index in [1.165, 1.54) is 24.0 Å². The zero-order chi connectivity index (χ0) is 10.4. The Labute approximate surface area is 87.4 Å². The molecule has 0 aliphatic heterocycles. The van der Waals surface area contributed by atoms with Crippen LogP contribution in [0.5, 0.6) is 0 Å². The average molecular weight is 186 g/mol. The molecule has 0 aliphatic carbocycles. The van der Waals surface area contributed by atoms with E-state index < -0.39 is 0 Å². The van der Waals surface area contributed by atoms with Gasteiger partial charge >= 0.3 is 0 Å². The predicted molar refractivity (Wildman–Crippen MR) is 62.3 cm³/mol. The van der Waals surface area contributed by atoms with E-state index in [0.717, 1.165) is 12.0 Å². The second-order valence-corrected chi connectivity index (χ2v) is 3.78. The molecule has 0 N–H and O–H groups in total. The Hall–Kier alpha value is -1.22. The summed E-state index contributed by atoms with van der Waals surface area (Å²) in [5, 5.41) is 0.